The van der Waals surface area contributed by atoms with E-state index in [4.69, 9.17) is 5.11 Å². The van der Waals surface area contributed by atoms with Gasteiger partial charge in [-0.1, -0.05) is 0 Å². The number of halogens is 10. The van der Waals surface area contributed by atoms with E-state index < -0.39 is 45.8 Å². The first-order valence-electron chi connectivity index (χ1n) is 5.16. The molecule has 1 rings (SSSR count). The van der Waals surface area contributed by atoms with Gasteiger partial charge in [0.1, 0.15) is 0 Å². The Labute approximate surface area is 129 Å². The van der Waals surface area contributed by atoms with Crippen LogP contribution in [-0.4, -0.2) is 38.9 Å². The van der Waals surface area contributed by atoms with E-state index in [0.717, 1.165) is 0 Å². The topological polar surface area (TPSA) is 55.1 Å². The molecule has 4 nitrogen and oxygen atoms in total. The van der Waals surface area contributed by atoms with Gasteiger partial charge < -0.3 is 5.11 Å². The van der Waals surface area contributed by atoms with E-state index >= 15 is 0 Å². The average Bonchev–Trinajstić information content (AvgIpc) is 2.63. The Balaban J connectivity index is 3.59. The van der Waals surface area contributed by atoms with Gasteiger partial charge in [-0.3, -0.25) is 4.68 Å². The fourth-order valence-corrected chi connectivity index (χ4v) is 2.21. The number of rotatable bonds is 4. The largest absolute Gasteiger partial charge is 0.476 e. The summed E-state index contributed by atoms with van der Waals surface area (Å²) in [4.78, 5) is 10.7. The van der Waals surface area contributed by atoms with Crippen LogP contribution in [0.2, 0.25) is 0 Å². The van der Waals surface area contributed by atoms with Gasteiger partial charge >= 0.3 is 29.9 Å². The first-order chi connectivity index (χ1) is 10.00. The maximum atomic E-state index is 13.6. The molecule has 0 spiro atoms. The maximum Gasteiger partial charge on any atom is 0.460 e. The lowest BCUT2D eigenvalue weighted by atomic mass is 10.0. The summed E-state index contributed by atoms with van der Waals surface area (Å²) in [6.07, 6.45) is -6.98. The van der Waals surface area contributed by atoms with E-state index in [1.54, 1.807) is 0 Å². The van der Waals surface area contributed by atoms with Crippen molar-refractivity contribution in [2.45, 2.75) is 23.9 Å². The van der Waals surface area contributed by atoms with Crippen LogP contribution in [0.4, 0.5) is 39.5 Å². The zero-order chi connectivity index (χ0) is 18.6. The fourth-order valence-electron chi connectivity index (χ4n) is 1.45. The van der Waals surface area contributed by atoms with Crippen LogP contribution >= 0.6 is 15.9 Å². The van der Waals surface area contributed by atoms with Gasteiger partial charge in [0.25, 0.3) is 0 Å². The molecule has 132 valence electrons. The molecule has 0 atom stereocenters. The second-order valence-electron chi connectivity index (χ2n) is 4.16. The first-order valence-corrected chi connectivity index (χ1v) is 5.95. The van der Waals surface area contributed by atoms with E-state index in [2.05, 4.69) is 21.0 Å². The molecule has 1 N–H and O–H groups in total. The molecule has 0 saturated heterocycles. The van der Waals surface area contributed by atoms with Crippen LogP contribution in [0.1, 0.15) is 16.2 Å². The summed E-state index contributed by atoms with van der Waals surface area (Å²) in [5, 5.41) is 11.3. The van der Waals surface area contributed by atoms with Gasteiger partial charge in [0.15, 0.2) is 11.4 Å². The van der Waals surface area contributed by atoms with Gasteiger partial charge in [-0.05, 0) is 15.9 Å². The summed E-state index contributed by atoms with van der Waals surface area (Å²) in [7, 11) is 0.688. The summed E-state index contributed by atoms with van der Waals surface area (Å²) in [5.74, 6) is -22.1. The Morgan fingerprint density at radius 2 is 1.48 bits per heavy atom. The SMILES string of the molecule is Cn1nc(C(F)(F)C(F)(F)C(F)(F)C(F)(F)F)c(Br)c1C(=O)O. The van der Waals surface area contributed by atoms with Crippen LogP contribution < -0.4 is 0 Å². The number of carbonyl (C=O) groups is 1. The van der Waals surface area contributed by atoms with E-state index in [9.17, 15) is 44.3 Å². The maximum absolute atomic E-state index is 13.6. The highest BCUT2D eigenvalue weighted by atomic mass is 79.9. The third kappa shape index (κ3) is 2.65. The quantitative estimate of drug-likeness (QED) is 0.750. The van der Waals surface area contributed by atoms with Crippen molar-refractivity contribution in [3.8, 4) is 0 Å². The number of aromatic carboxylic acids is 1. The minimum atomic E-state index is -7.09. The van der Waals surface area contributed by atoms with Crippen molar-refractivity contribution in [1.82, 2.24) is 9.78 Å². The molecule has 0 fully saturated rings. The highest BCUT2D eigenvalue weighted by Crippen LogP contribution is 2.57. The summed E-state index contributed by atoms with van der Waals surface area (Å²) in [5.41, 5.74) is -3.42. The number of aryl methyl sites for hydroxylation is 1. The number of aromatic nitrogens is 2. The molecule has 0 unspecified atom stereocenters. The summed E-state index contributed by atoms with van der Waals surface area (Å²) < 4.78 is 114. The van der Waals surface area contributed by atoms with Gasteiger partial charge in [0.2, 0.25) is 0 Å². The molecule has 0 bridgehead atoms. The van der Waals surface area contributed by atoms with Crippen LogP contribution in [0.25, 0.3) is 0 Å². The van der Waals surface area contributed by atoms with E-state index in [0.29, 0.717) is 7.05 Å². The summed E-state index contributed by atoms with van der Waals surface area (Å²) >= 11 is 2.14. The molecule has 1 aromatic rings. The Morgan fingerprint density at radius 1 is 1.04 bits per heavy atom. The first kappa shape index (κ1) is 19.6. The molecule has 1 aromatic heterocycles. The number of carboxylic acid groups (broad SMARTS) is 1. The van der Waals surface area contributed by atoms with Gasteiger partial charge in [0.05, 0.1) is 4.47 Å². The number of hydrogen-bond acceptors (Lipinski definition) is 2. The summed E-state index contributed by atoms with van der Waals surface area (Å²) in [6.45, 7) is 0. The molecule has 14 heteroatoms. The van der Waals surface area contributed by atoms with Gasteiger partial charge in [-0.25, -0.2) is 4.79 Å². The predicted molar refractivity (Wildman–Crippen MR) is 57.7 cm³/mol. The molecule has 0 aliphatic rings. The monoisotopic (exact) mass is 422 g/mol. The van der Waals surface area contributed by atoms with Crippen molar-refractivity contribution in [1.29, 1.82) is 0 Å². The van der Waals surface area contributed by atoms with Crippen molar-refractivity contribution in [3.63, 3.8) is 0 Å². The second kappa shape index (κ2) is 5.27. The van der Waals surface area contributed by atoms with E-state index in [-0.39, 0.29) is 4.68 Å². The van der Waals surface area contributed by atoms with E-state index in [1.807, 2.05) is 0 Å². The minimum absolute atomic E-state index is 0.109. The average molecular weight is 423 g/mol. The Hall–Kier alpha value is -1.47. The molecular formula is C9H4BrF9N2O2. The number of nitrogens with zero attached hydrogens (tertiary/aromatic N) is 2. The lowest BCUT2D eigenvalue weighted by Crippen LogP contribution is -2.59. The molecule has 0 aromatic carbocycles. The lowest BCUT2D eigenvalue weighted by molar-refractivity contribution is -0.400. The fraction of sp³-hybridized carbons (Fsp3) is 0.556. The van der Waals surface area contributed by atoms with Crippen molar-refractivity contribution < 1.29 is 49.4 Å². The highest BCUT2D eigenvalue weighted by Gasteiger charge is 2.82. The normalized spacial score (nSPS) is 14.2. The van der Waals surface area contributed by atoms with Crippen LogP contribution in [-0.2, 0) is 13.0 Å². The Kier molecular flexibility index (Phi) is 4.49. The standard InChI is InChI=1S/C9H4BrF9N2O2/c1-21-3(5(22)23)2(10)4(20-21)6(11,12)7(13,14)8(15,16)9(17,18)19/h1H3,(H,22,23). The van der Waals surface area contributed by atoms with Crippen molar-refractivity contribution in [3.05, 3.63) is 15.9 Å². The lowest BCUT2D eigenvalue weighted by Gasteiger charge is -2.32. The van der Waals surface area contributed by atoms with Gasteiger partial charge in [-0.15, -0.1) is 0 Å². The summed E-state index contributed by atoms with van der Waals surface area (Å²) in [6, 6.07) is 0. The van der Waals surface area contributed by atoms with Crippen LogP contribution in [0.15, 0.2) is 4.47 Å². The molecule has 0 aliphatic carbocycles. The zero-order valence-electron chi connectivity index (χ0n) is 10.5. The molecular weight excluding hydrogens is 419 g/mol. The molecule has 0 radical (unpaired) electrons. The van der Waals surface area contributed by atoms with Crippen LogP contribution in [0.5, 0.6) is 0 Å². The van der Waals surface area contributed by atoms with Gasteiger partial charge in [-0.2, -0.15) is 44.6 Å². The Bertz CT molecular complexity index is 638. The molecule has 23 heavy (non-hydrogen) atoms. The van der Waals surface area contributed by atoms with Crippen LogP contribution in [0.3, 0.4) is 0 Å². The van der Waals surface area contributed by atoms with Crippen molar-refractivity contribution >= 4 is 21.9 Å². The molecule has 0 amide bonds. The van der Waals surface area contributed by atoms with Crippen molar-refractivity contribution in [2.75, 3.05) is 0 Å². The smallest absolute Gasteiger partial charge is 0.460 e. The second-order valence-corrected chi connectivity index (χ2v) is 4.95. The number of hydrogen-bond donors (Lipinski definition) is 1. The third-order valence-electron chi connectivity index (χ3n) is 2.63. The zero-order valence-corrected chi connectivity index (χ0v) is 12.1. The molecule has 0 aliphatic heterocycles. The highest BCUT2D eigenvalue weighted by molar-refractivity contribution is 9.10. The van der Waals surface area contributed by atoms with E-state index in [1.165, 1.54) is 0 Å². The minimum Gasteiger partial charge on any atom is -0.476 e. The number of carboxylic acids is 1. The molecule has 1 heterocycles. The van der Waals surface area contributed by atoms with Gasteiger partial charge in [0, 0.05) is 7.05 Å². The molecule has 0 saturated carbocycles. The van der Waals surface area contributed by atoms with Crippen LogP contribution in [0, 0.1) is 0 Å². The third-order valence-corrected chi connectivity index (χ3v) is 3.39. The van der Waals surface area contributed by atoms with Crippen molar-refractivity contribution in [2.24, 2.45) is 7.05 Å². The predicted octanol–water partition coefficient (Wildman–Crippen LogP) is 3.81. The Morgan fingerprint density at radius 3 is 1.78 bits per heavy atom. The number of alkyl halides is 9.